The maximum Gasteiger partial charge on any atom is 0.309 e. The molecule has 1 N–H and O–H groups in total. The molecule has 10 heteroatoms. The predicted octanol–water partition coefficient (Wildman–Crippen LogP) is 0.953. The van der Waals surface area contributed by atoms with E-state index >= 15 is 0 Å². The second kappa shape index (κ2) is 5.00. The minimum atomic E-state index is -3.93. The minimum absolute atomic E-state index is 0.145. The topological polar surface area (TPSA) is 118 Å². The van der Waals surface area contributed by atoms with Crippen LogP contribution in [0.1, 0.15) is 0 Å². The SMILES string of the molecule is O=C(O)C1CN(S(=O)(=O)c2ccc(Cl)c([N+](=O)[O-])c2)C1. The van der Waals surface area contributed by atoms with Crippen molar-refractivity contribution in [3.63, 3.8) is 0 Å². The lowest BCUT2D eigenvalue weighted by Crippen LogP contribution is -2.52. The van der Waals surface area contributed by atoms with Gasteiger partial charge in [-0.25, -0.2) is 8.42 Å². The van der Waals surface area contributed by atoms with Gasteiger partial charge in [-0.15, -0.1) is 0 Å². The molecule has 1 fully saturated rings. The summed E-state index contributed by atoms with van der Waals surface area (Å²) in [7, 11) is -3.93. The van der Waals surface area contributed by atoms with Crippen molar-refractivity contribution in [1.29, 1.82) is 0 Å². The van der Waals surface area contributed by atoms with Gasteiger partial charge < -0.3 is 5.11 Å². The van der Waals surface area contributed by atoms with Crippen molar-refractivity contribution in [1.82, 2.24) is 4.31 Å². The van der Waals surface area contributed by atoms with Crippen molar-refractivity contribution >= 4 is 33.3 Å². The molecule has 108 valence electrons. The van der Waals surface area contributed by atoms with E-state index in [1.54, 1.807) is 0 Å². The highest BCUT2D eigenvalue weighted by Crippen LogP contribution is 2.31. The zero-order valence-electron chi connectivity index (χ0n) is 9.89. The third-order valence-corrected chi connectivity index (χ3v) is 5.10. The molecule has 20 heavy (non-hydrogen) atoms. The van der Waals surface area contributed by atoms with Crippen molar-refractivity contribution in [2.45, 2.75) is 4.90 Å². The number of nitro groups is 1. The lowest BCUT2D eigenvalue weighted by Gasteiger charge is -2.35. The van der Waals surface area contributed by atoms with Crippen molar-refractivity contribution in [3.05, 3.63) is 33.3 Å². The molecule has 0 atom stereocenters. The van der Waals surface area contributed by atoms with Gasteiger partial charge in [-0.05, 0) is 12.1 Å². The van der Waals surface area contributed by atoms with Crippen LogP contribution < -0.4 is 0 Å². The Bertz CT molecular complexity index is 683. The lowest BCUT2D eigenvalue weighted by atomic mass is 10.0. The maximum atomic E-state index is 12.1. The Labute approximate surface area is 118 Å². The van der Waals surface area contributed by atoms with E-state index < -0.39 is 32.5 Å². The smallest absolute Gasteiger partial charge is 0.309 e. The van der Waals surface area contributed by atoms with Crippen LogP contribution in [0.25, 0.3) is 0 Å². The van der Waals surface area contributed by atoms with Gasteiger partial charge in [0.25, 0.3) is 5.69 Å². The molecule has 0 radical (unpaired) electrons. The third-order valence-electron chi connectivity index (χ3n) is 2.95. The average molecular weight is 321 g/mol. The Morgan fingerprint density at radius 1 is 1.45 bits per heavy atom. The number of nitro benzene ring substituents is 1. The average Bonchev–Trinajstić information content (AvgIpc) is 2.25. The van der Waals surface area contributed by atoms with E-state index in [9.17, 15) is 23.3 Å². The fourth-order valence-corrected chi connectivity index (χ4v) is 3.47. The fourth-order valence-electron chi connectivity index (χ4n) is 1.73. The molecule has 8 nitrogen and oxygen atoms in total. The summed E-state index contributed by atoms with van der Waals surface area (Å²) in [6, 6.07) is 3.14. The Kier molecular flexibility index (Phi) is 3.67. The molecule has 0 aliphatic carbocycles. The summed E-state index contributed by atoms with van der Waals surface area (Å²) in [5.74, 6) is -1.81. The molecule has 2 rings (SSSR count). The van der Waals surface area contributed by atoms with Gasteiger partial charge in [0.2, 0.25) is 10.0 Å². The van der Waals surface area contributed by atoms with Crippen molar-refractivity contribution in [3.8, 4) is 0 Å². The number of halogens is 1. The number of hydrogen-bond acceptors (Lipinski definition) is 5. The van der Waals surface area contributed by atoms with Gasteiger partial charge in [0.15, 0.2) is 0 Å². The number of carboxylic acid groups (broad SMARTS) is 1. The molecule has 0 bridgehead atoms. The van der Waals surface area contributed by atoms with Gasteiger partial charge in [0, 0.05) is 19.2 Å². The number of benzene rings is 1. The normalized spacial score (nSPS) is 16.6. The van der Waals surface area contributed by atoms with Gasteiger partial charge in [0.05, 0.1) is 15.7 Å². The van der Waals surface area contributed by atoms with Crippen LogP contribution in [0.2, 0.25) is 5.02 Å². The van der Waals surface area contributed by atoms with Crippen LogP contribution >= 0.6 is 11.6 Å². The van der Waals surface area contributed by atoms with Crippen LogP contribution in [0.15, 0.2) is 23.1 Å². The molecule has 1 aliphatic rings. The summed E-state index contributed by atoms with van der Waals surface area (Å²) >= 11 is 5.61. The van der Waals surface area contributed by atoms with Gasteiger partial charge in [-0.1, -0.05) is 11.6 Å². The number of sulfonamides is 1. The Balaban J connectivity index is 2.30. The first-order valence-corrected chi connectivity index (χ1v) is 7.22. The van der Waals surface area contributed by atoms with E-state index in [4.69, 9.17) is 16.7 Å². The summed E-state index contributed by atoms with van der Waals surface area (Å²) in [5, 5.41) is 19.3. The third kappa shape index (κ3) is 2.47. The first-order chi connectivity index (χ1) is 9.23. The van der Waals surface area contributed by atoms with Crippen molar-refractivity contribution in [2.75, 3.05) is 13.1 Å². The van der Waals surface area contributed by atoms with E-state index in [1.807, 2.05) is 0 Å². The summed E-state index contributed by atoms with van der Waals surface area (Å²) in [5.41, 5.74) is -0.511. The summed E-state index contributed by atoms with van der Waals surface area (Å²) < 4.78 is 25.2. The van der Waals surface area contributed by atoms with Gasteiger partial charge in [-0.2, -0.15) is 4.31 Å². The monoisotopic (exact) mass is 320 g/mol. The van der Waals surface area contributed by atoms with Crippen LogP contribution in [0.5, 0.6) is 0 Å². The Morgan fingerprint density at radius 3 is 2.55 bits per heavy atom. The summed E-state index contributed by atoms with van der Waals surface area (Å²) in [4.78, 5) is 20.3. The molecular weight excluding hydrogens is 312 g/mol. The number of carbonyl (C=O) groups is 1. The summed E-state index contributed by atoms with van der Waals surface area (Å²) in [6.45, 7) is -0.290. The highest BCUT2D eigenvalue weighted by molar-refractivity contribution is 7.89. The molecule has 0 unspecified atom stereocenters. The zero-order chi connectivity index (χ0) is 15.1. The molecule has 1 aliphatic heterocycles. The molecule has 0 amide bonds. The van der Waals surface area contributed by atoms with E-state index in [2.05, 4.69) is 0 Å². The summed E-state index contributed by atoms with van der Waals surface area (Å²) in [6.07, 6.45) is 0. The Morgan fingerprint density at radius 2 is 2.05 bits per heavy atom. The van der Waals surface area contributed by atoms with Crippen molar-refractivity contribution in [2.24, 2.45) is 5.92 Å². The molecule has 0 saturated carbocycles. The molecule has 0 spiro atoms. The van der Waals surface area contributed by atoms with Gasteiger partial charge in [0.1, 0.15) is 5.02 Å². The van der Waals surface area contributed by atoms with E-state index in [0.717, 1.165) is 22.5 Å². The number of aliphatic carboxylic acids is 1. The van der Waals surface area contributed by atoms with E-state index in [0.29, 0.717) is 0 Å². The van der Waals surface area contributed by atoms with Crippen molar-refractivity contribution < 1.29 is 23.2 Å². The Hall–Kier alpha value is -1.71. The van der Waals surface area contributed by atoms with Crippen LogP contribution in [-0.2, 0) is 14.8 Å². The molecule has 1 heterocycles. The van der Waals surface area contributed by atoms with Crippen LogP contribution in [0, 0.1) is 16.0 Å². The van der Waals surface area contributed by atoms with Crippen LogP contribution in [0.3, 0.4) is 0 Å². The number of carboxylic acids is 1. The molecular formula is C10H9ClN2O6S. The molecule has 1 aromatic carbocycles. The highest BCUT2D eigenvalue weighted by atomic mass is 35.5. The number of nitrogens with zero attached hydrogens (tertiary/aromatic N) is 2. The minimum Gasteiger partial charge on any atom is -0.481 e. The second-order valence-corrected chi connectivity index (χ2v) is 6.57. The van der Waals surface area contributed by atoms with Gasteiger partial charge >= 0.3 is 5.97 Å². The fraction of sp³-hybridized carbons (Fsp3) is 0.300. The molecule has 1 aromatic rings. The standard InChI is InChI=1S/C10H9ClN2O6S/c11-8-2-1-7(3-9(8)13(16)17)20(18,19)12-4-6(5-12)10(14)15/h1-3,6H,4-5H2,(H,14,15). The molecule has 0 aromatic heterocycles. The molecule has 1 saturated heterocycles. The number of hydrogen-bond donors (Lipinski definition) is 1. The second-order valence-electron chi connectivity index (χ2n) is 4.23. The first-order valence-electron chi connectivity index (χ1n) is 5.40. The lowest BCUT2D eigenvalue weighted by molar-refractivity contribution is -0.384. The number of rotatable bonds is 4. The zero-order valence-corrected chi connectivity index (χ0v) is 11.5. The largest absolute Gasteiger partial charge is 0.481 e. The van der Waals surface area contributed by atoms with E-state index in [-0.39, 0.29) is 23.0 Å². The van der Waals surface area contributed by atoms with Gasteiger partial charge in [-0.3, -0.25) is 14.9 Å². The first kappa shape index (κ1) is 14.7. The van der Waals surface area contributed by atoms with E-state index in [1.165, 1.54) is 0 Å². The predicted molar refractivity (Wildman–Crippen MR) is 68.0 cm³/mol. The quantitative estimate of drug-likeness (QED) is 0.652. The van der Waals surface area contributed by atoms with Crippen LogP contribution in [0.4, 0.5) is 5.69 Å². The van der Waals surface area contributed by atoms with Crippen LogP contribution in [-0.4, -0.2) is 41.8 Å². The highest BCUT2D eigenvalue weighted by Gasteiger charge is 2.41. The maximum absolute atomic E-state index is 12.1.